The van der Waals surface area contributed by atoms with Crippen molar-refractivity contribution in [2.24, 2.45) is 11.7 Å². The van der Waals surface area contributed by atoms with E-state index in [0.717, 1.165) is 28.8 Å². The third kappa shape index (κ3) is 3.62. The van der Waals surface area contributed by atoms with Crippen molar-refractivity contribution in [2.75, 3.05) is 6.54 Å². The SMILES string of the molecule is Cc1ccc(S(=O)(=O)n2ccc(C(=O)NC3CCCC3CN)c2)cc1. The number of nitrogens with two attached hydrogens (primary N) is 1. The summed E-state index contributed by atoms with van der Waals surface area (Å²) < 4.78 is 26.4. The van der Waals surface area contributed by atoms with Crippen molar-refractivity contribution in [3.63, 3.8) is 0 Å². The van der Waals surface area contributed by atoms with Crippen molar-refractivity contribution in [3.05, 3.63) is 53.9 Å². The molecule has 1 aliphatic carbocycles. The van der Waals surface area contributed by atoms with Crippen molar-refractivity contribution in [3.8, 4) is 0 Å². The van der Waals surface area contributed by atoms with E-state index in [1.54, 1.807) is 24.3 Å². The maximum absolute atomic E-state index is 12.6. The molecule has 1 aromatic carbocycles. The summed E-state index contributed by atoms with van der Waals surface area (Å²) in [5, 5.41) is 2.98. The molecule has 1 amide bonds. The molecule has 0 bridgehead atoms. The molecule has 2 atom stereocenters. The molecule has 6 nitrogen and oxygen atoms in total. The second-order valence-corrected chi connectivity index (χ2v) is 8.40. The van der Waals surface area contributed by atoms with Crippen molar-refractivity contribution in [1.82, 2.24) is 9.29 Å². The van der Waals surface area contributed by atoms with E-state index in [1.165, 1.54) is 18.5 Å². The topological polar surface area (TPSA) is 94.2 Å². The van der Waals surface area contributed by atoms with Gasteiger partial charge in [0.05, 0.1) is 10.5 Å². The second-order valence-electron chi connectivity index (χ2n) is 6.55. The Hall–Kier alpha value is -2.12. The fourth-order valence-electron chi connectivity index (χ4n) is 3.25. The monoisotopic (exact) mass is 361 g/mol. The van der Waals surface area contributed by atoms with Crippen LogP contribution in [0.5, 0.6) is 0 Å². The number of amides is 1. The highest BCUT2D eigenvalue weighted by atomic mass is 32.2. The molecule has 2 aromatic rings. The molecule has 2 unspecified atom stereocenters. The third-order valence-corrected chi connectivity index (χ3v) is 6.45. The molecular formula is C18H23N3O3S. The quantitative estimate of drug-likeness (QED) is 0.850. The smallest absolute Gasteiger partial charge is 0.267 e. The van der Waals surface area contributed by atoms with E-state index in [2.05, 4.69) is 5.32 Å². The molecule has 0 radical (unpaired) electrons. The van der Waals surface area contributed by atoms with Gasteiger partial charge in [-0.15, -0.1) is 0 Å². The Labute approximate surface area is 148 Å². The van der Waals surface area contributed by atoms with Gasteiger partial charge in [-0.1, -0.05) is 24.1 Å². The van der Waals surface area contributed by atoms with Gasteiger partial charge >= 0.3 is 0 Å². The zero-order chi connectivity index (χ0) is 18.0. The number of nitrogens with one attached hydrogen (secondary N) is 1. The van der Waals surface area contributed by atoms with Crippen molar-refractivity contribution < 1.29 is 13.2 Å². The maximum atomic E-state index is 12.6. The highest BCUT2D eigenvalue weighted by molar-refractivity contribution is 7.90. The molecule has 0 spiro atoms. The van der Waals surface area contributed by atoms with E-state index in [1.807, 2.05) is 6.92 Å². The van der Waals surface area contributed by atoms with Crippen LogP contribution in [0.4, 0.5) is 0 Å². The lowest BCUT2D eigenvalue weighted by atomic mass is 10.0. The van der Waals surface area contributed by atoms with Crippen LogP contribution in [0, 0.1) is 12.8 Å². The minimum atomic E-state index is -3.69. The van der Waals surface area contributed by atoms with Gasteiger partial charge in [0.2, 0.25) is 0 Å². The van der Waals surface area contributed by atoms with Crippen molar-refractivity contribution in [1.29, 1.82) is 0 Å². The Kier molecular flexibility index (Phi) is 4.96. The number of aryl methyl sites for hydroxylation is 1. The minimum Gasteiger partial charge on any atom is -0.349 e. The van der Waals surface area contributed by atoms with E-state index >= 15 is 0 Å². The summed E-state index contributed by atoms with van der Waals surface area (Å²) in [4.78, 5) is 12.6. The van der Waals surface area contributed by atoms with Gasteiger partial charge < -0.3 is 11.1 Å². The lowest BCUT2D eigenvalue weighted by molar-refractivity contribution is 0.0929. The largest absolute Gasteiger partial charge is 0.349 e. The standard InChI is InChI=1S/C18H23N3O3S/c1-13-5-7-16(8-6-13)25(23,24)21-10-9-15(12-21)18(22)20-17-4-2-3-14(17)11-19/h5-10,12,14,17H,2-4,11,19H2,1H3,(H,20,22). The minimum absolute atomic E-state index is 0.0644. The van der Waals surface area contributed by atoms with Crippen LogP contribution < -0.4 is 11.1 Å². The molecule has 1 aromatic heterocycles. The molecular weight excluding hydrogens is 338 g/mol. The molecule has 1 aliphatic rings. The van der Waals surface area contributed by atoms with Crippen LogP contribution in [-0.4, -0.2) is 30.9 Å². The Balaban J connectivity index is 1.77. The fraction of sp³-hybridized carbons (Fsp3) is 0.389. The molecule has 3 N–H and O–H groups in total. The van der Waals surface area contributed by atoms with E-state index in [9.17, 15) is 13.2 Å². The normalized spacial score (nSPS) is 20.6. The fourth-order valence-corrected chi connectivity index (χ4v) is 4.45. The first-order chi connectivity index (χ1) is 11.9. The summed E-state index contributed by atoms with van der Waals surface area (Å²) in [6.45, 7) is 2.44. The average molecular weight is 361 g/mol. The Bertz CT molecular complexity index is 856. The maximum Gasteiger partial charge on any atom is 0.267 e. The average Bonchev–Trinajstić information content (AvgIpc) is 3.24. The summed E-state index contributed by atoms with van der Waals surface area (Å²) >= 11 is 0. The Morgan fingerprint density at radius 2 is 1.96 bits per heavy atom. The van der Waals surface area contributed by atoms with Gasteiger partial charge in [-0.25, -0.2) is 12.4 Å². The van der Waals surface area contributed by atoms with Crippen LogP contribution in [0.25, 0.3) is 0 Å². The Morgan fingerprint density at radius 1 is 1.24 bits per heavy atom. The van der Waals surface area contributed by atoms with Crippen LogP contribution >= 0.6 is 0 Å². The predicted octanol–water partition coefficient (Wildman–Crippen LogP) is 1.89. The van der Waals surface area contributed by atoms with Crippen LogP contribution in [0.2, 0.25) is 0 Å². The first kappa shape index (κ1) is 17.7. The van der Waals surface area contributed by atoms with Gasteiger partial charge in [0.25, 0.3) is 15.9 Å². The van der Waals surface area contributed by atoms with Gasteiger partial charge in [-0.3, -0.25) is 4.79 Å². The third-order valence-electron chi connectivity index (χ3n) is 4.80. The van der Waals surface area contributed by atoms with Crippen molar-refractivity contribution >= 4 is 15.9 Å². The van der Waals surface area contributed by atoms with Crippen molar-refractivity contribution in [2.45, 2.75) is 37.1 Å². The van der Waals surface area contributed by atoms with Crippen LogP contribution in [0.1, 0.15) is 35.2 Å². The van der Waals surface area contributed by atoms with Gasteiger partial charge in [-0.05, 0) is 50.4 Å². The second kappa shape index (κ2) is 7.01. The molecule has 1 saturated carbocycles. The molecule has 1 heterocycles. The number of carbonyl (C=O) groups is 1. The highest BCUT2D eigenvalue weighted by Gasteiger charge is 2.28. The summed E-state index contributed by atoms with van der Waals surface area (Å²) in [6, 6.07) is 8.21. The van der Waals surface area contributed by atoms with E-state index in [-0.39, 0.29) is 16.8 Å². The molecule has 25 heavy (non-hydrogen) atoms. The summed E-state index contributed by atoms with van der Waals surface area (Å²) in [7, 11) is -3.69. The number of benzene rings is 1. The molecule has 3 rings (SSSR count). The number of aromatic nitrogens is 1. The lowest BCUT2D eigenvalue weighted by Gasteiger charge is -2.19. The Morgan fingerprint density at radius 3 is 2.64 bits per heavy atom. The number of hydrogen-bond acceptors (Lipinski definition) is 4. The molecule has 0 aliphatic heterocycles. The van der Waals surface area contributed by atoms with Crippen LogP contribution in [0.3, 0.4) is 0 Å². The van der Waals surface area contributed by atoms with Crippen LogP contribution in [-0.2, 0) is 10.0 Å². The van der Waals surface area contributed by atoms with Crippen LogP contribution in [0.15, 0.2) is 47.6 Å². The zero-order valence-electron chi connectivity index (χ0n) is 14.2. The first-order valence-corrected chi connectivity index (χ1v) is 9.87. The summed E-state index contributed by atoms with van der Waals surface area (Å²) in [6.07, 6.45) is 5.74. The molecule has 7 heteroatoms. The summed E-state index contributed by atoms with van der Waals surface area (Å²) in [5.41, 5.74) is 7.06. The van der Waals surface area contributed by atoms with Gasteiger partial charge in [-0.2, -0.15) is 0 Å². The first-order valence-electron chi connectivity index (χ1n) is 8.43. The number of carbonyl (C=O) groups excluding carboxylic acids is 1. The molecule has 0 saturated heterocycles. The van der Waals surface area contributed by atoms with Gasteiger partial charge in [0.1, 0.15) is 0 Å². The highest BCUT2D eigenvalue weighted by Crippen LogP contribution is 2.25. The molecule has 134 valence electrons. The van der Waals surface area contributed by atoms with E-state index < -0.39 is 10.0 Å². The van der Waals surface area contributed by atoms with Gasteiger partial charge in [0.15, 0.2) is 0 Å². The zero-order valence-corrected chi connectivity index (χ0v) is 15.0. The lowest BCUT2D eigenvalue weighted by Crippen LogP contribution is -2.39. The predicted molar refractivity (Wildman–Crippen MR) is 95.8 cm³/mol. The molecule has 1 fully saturated rings. The number of hydrogen-bond donors (Lipinski definition) is 2. The van der Waals surface area contributed by atoms with E-state index in [4.69, 9.17) is 5.73 Å². The summed E-state index contributed by atoms with van der Waals surface area (Å²) in [5.74, 6) is 0.0329. The number of rotatable bonds is 5. The van der Waals surface area contributed by atoms with Gasteiger partial charge in [0, 0.05) is 18.4 Å². The van der Waals surface area contributed by atoms with E-state index in [0.29, 0.717) is 18.0 Å². The number of nitrogens with zero attached hydrogens (tertiary/aromatic N) is 1.